The highest BCUT2D eigenvalue weighted by Crippen LogP contribution is 2.58. The molecule has 3 rings (SSSR count). The van der Waals surface area contributed by atoms with Gasteiger partial charge in [-0.2, -0.15) is 13.2 Å². The highest BCUT2D eigenvalue weighted by Gasteiger charge is 2.65. The van der Waals surface area contributed by atoms with Crippen molar-refractivity contribution in [2.75, 3.05) is 0 Å². The molecule has 110 valence electrons. The second-order valence-electron chi connectivity index (χ2n) is 5.16. The quantitative estimate of drug-likeness (QED) is 0.837. The Morgan fingerprint density at radius 1 is 1.19 bits per heavy atom. The molecule has 6 heteroatoms. The van der Waals surface area contributed by atoms with E-state index in [0.29, 0.717) is 0 Å². The largest absolute Gasteiger partial charge is 0.478 e. The van der Waals surface area contributed by atoms with Crippen LogP contribution in [0, 0.1) is 5.92 Å². The van der Waals surface area contributed by atoms with Gasteiger partial charge >= 0.3 is 12.1 Å². The van der Waals surface area contributed by atoms with Gasteiger partial charge in [0.05, 0.1) is 5.56 Å². The number of allylic oxidation sites excluding steroid dienone is 3. The monoisotopic (exact) mass is 296 g/mol. The minimum atomic E-state index is -4.90. The lowest BCUT2D eigenvalue weighted by Crippen LogP contribution is -2.46. The zero-order chi connectivity index (χ0) is 15.4. The fourth-order valence-electron chi connectivity index (χ4n) is 3.25. The Labute approximate surface area is 118 Å². The Morgan fingerprint density at radius 2 is 1.86 bits per heavy atom. The molecule has 3 nitrogen and oxygen atoms in total. The molecule has 0 spiro atoms. The van der Waals surface area contributed by atoms with Crippen molar-refractivity contribution in [3.8, 4) is 0 Å². The molecule has 0 amide bonds. The lowest BCUT2D eigenvalue weighted by Gasteiger charge is -2.33. The van der Waals surface area contributed by atoms with E-state index in [4.69, 9.17) is 0 Å². The van der Waals surface area contributed by atoms with Gasteiger partial charge in [-0.15, -0.1) is 0 Å². The van der Waals surface area contributed by atoms with Crippen LogP contribution in [-0.4, -0.2) is 22.4 Å². The van der Waals surface area contributed by atoms with Crippen LogP contribution >= 0.6 is 0 Å². The molecule has 21 heavy (non-hydrogen) atoms. The molecule has 2 aliphatic carbocycles. The first-order valence-corrected chi connectivity index (χ1v) is 6.29. The molecule has 3 unspecified atom stereocenters. The van der Waals surface area contributed by atoms with Crippen LogP contribution in [0.5, 0.6) is 0 Å². The lowest BCUT2D eigenvalue weighted by molar-refractivity contribution is -0.278. The van der Waals surface area contributed by atoms with Gasteiger partial charge in [0.1, 0.15) is 0 Å². The maximum absolute atomic E-state index is 13.5. The summed E-state index contributed by atoms with van der Waals surface area (Å²) in [6.07, 6.45) is 0.882. The molecular weight excluding hydrogens is 285 g/mol. The summed E-state index contributed by atoms with van der Waals surface area (Å²) >= 11 is 0. The number of hydrogen-bond donors (Lipinski definition) is 2. The van der Waals surface area contributed by atoms with Crippen molar-refractivity contribution in [1.29, 1.82) is 0 Å². The van der Waals surface area contributed by atoms with E-state index in [1.807, 2.05) is 0 Å². The molecule has 0 saturated heterocycles. The number of fused-ring (bicyclic) bond motifs is 3. The van der Waals surface area contributed by atoms with E-state index in [0.717, 1.165) is 6.07 Å². The van der Waals surface area contributed by atoms with Gasteiger partial charge in [-0.1, -0.05) is 36.4 Å². The van der Waals surface area contributed by atoms with Gasteiger partial charge in [0.2, 0.25) is 0 Å². The average molecular weight is 296 g/mol. The Morgan fingerprint density at radius 3 is 2.48 bits per heavy atom. The molecule has 1 aromatic carbocycles. The average Bonchev–Trinajstić information content (AvgIpc) is 2.70. The molecule has 3 atom stereocenters. The molecule has 0 bridgehead atoms. The molecule has 0 aromatic heterocycles. The number of benzene rings is 1. The van der Waals surface area contributed by atoms with Crippen molar-refractivity contribution < 1.29 is 28.2 Å². The molecule has 0 saturated carbocycles. The van der Waals surface area contributed by atoms with Gasteiger partial charge in [-0.05, 0) is 17.2 Å². The number of halogens is 3. The van der Waals surface area contributed by atoms with Gasteiger partial charge < -0.3 is 10.2 Å². The van der Waals surface area contributed by atoms with E-state index in [1.54, 1.807) is 6.08 Å². The predicted octanol–water partition coefficient (Wildman–Crippen LogP) is 2.97. The summed E-state index contributed by atoms with van der Waals surface area (Å²) in [6, 6.07) is 3.63. The van der Waals surface area contributed by atoms with E-state index in [2.05, 4.69) is 0 Å². The highest BCUT2D eigenvalue weighted by atomic mass is 19.4. The number of carboxylic acids is 1. The summed E-state index contributed by atoms with van der Waals surface area (Å²) in [7, 11) is 0. The first-order valence-electron chi connectivity index (χ1n) is 6.29. The van der Waals surface area contributed by atoms with Gasteiger partial charge in [0.15, 0.2) is 5.60 Å². The van der Waals surface area contributed by atoms with Gasteiger partial charge in [-0.25, -0.2) is 4.79 Å². The normalized spacial score (nSPS) is 30.1. The number of aliphatic hydroxyl groups is 1. The molecule has 2 aliphatic rings. The number of aromatic carboxylic acids is 1. The van der Waals surface area contributed by atoms with E-state index < -0.39 is 29.6 Å². The maximum atomic E-state index is 13.5. The summed E-state index contributed by atoms with van der Waals surface area (Å²) in [6.45, 7) is 0. The van der Waals surface area contributed by atoms with Crippen molar-refractivity contribution in [2.45, 2.75) is 17.7 Å². The molecule has 0 aliphatic heterocycles. The van der Waals surface area contributed by atoms with Gasteiger partial charge in [0.25, 0.3) is 0 Å². The summed E-state index contributed by atoms with van der Waals surface area (Å²) in [5.41, 5.74) is -3.61. The van der Waals surface area contributed by atoms with Crippen LogP contribution in [0.25, 0.3) is 0 Å². The smallest absolute Gasteiger partial charge is 0.422 e. The summed E-state index contributed by atoms with van der Waals surface area (Å²) in [5.74, 6) is -3.36. The zero-order valence-electron chi connectivity index (χ0n) is 10.6. The van der Waals surface area contributed by atoms with E-state index in [-0.39, 0.29) is 16.7 Å². The third-order valence-electron chi connectivity index (χ3n) is 4.13. The highest BCUT2D eigenvalue weighted by molar-refractivity contribution is 5.91. The van der Waals surface area contributed by atoms with Gasteiger partial charge in [-0.3, -0.25) is 0 Å². The summed E-state index contributed by atoms with van der Waals surface area (Å²) < 4.78 is 40.4. The van der Waals surface area contributed by atoms with E-state index in [1.165, 1.54) is 30.4 Å². The fraction of sp³-hybridized carbons (Fsp3) is 0.267. The van der Waals surface area contributed by atoms with Crippen LogP contribution < -0.4 is 0 Å². The predicted molar refractivity (Wildman–Crippen MR) is 67.9 cm³/mol. The number of hydrogen-bond acceptors (Lipinski definition) is 2. The maximum Gasteiger partial charge on any atom is 0.422 e. The molecule has 0 fully saturated rings. The third-order valence-corrected chi connectivity index (χ3v) is 4.13. The Bertz CT molecular complexity index is 675. The summed E-state index contributed by atoms with van der Waals surface area (Å²) in [5, 5.41) is 19.6. The first-order chi connectivity index (χ1) is 9.78. The SMILES string of the molecule is O=C(O)c1cccc2c1C1C=CC=CC1C2(O)C(F)(F)F. The standard InChI is InChI=1S/C15H11F3O3/c16-15(17,18)14(21)10-6-2-1-4-8(10)12-9(13(19)20)5-3-7-11(12)14/h1-8,10,21H,(H,19,20). The van der Waals surface area contributed by atoms with Crippen molar-refractivity contribution in [3.63, 3.8) is 0 Å². The Hall–Kier alpha value is -2.08. The van der Waals surface area contributed by atoms with E-state index >= 15 is 0 Å². The van der Waals surface area contributed by atoms with Crippen LogP contribution in [0.1, 0.15) is 27.4 Å². The van der Waals surface area contributed by atoms with Crippen molar-refractivity contribution in [3.05, 3.63) is 59.2 Å². The zero-order valence-corrected chi connectivity index (χ0v) is 10.6. The van der Waals surface area contributed by atoms with Crippen LogP contribution in [0.3, 0.4) is 0 Å². The minimum Gasteiger partial charge on any atom is -0.478 e. The third kappa shape index (κ3) is 1.68. The fourth-order valence-corrected chi connectivity index (χ4v) is 3.25. The first kappa shape index (κ1) is 13.9. The van der Waals surface area contributed by atoms with Gasteiger partial charge in [0, 0.05) is 11.8 Å². The van der Waals surface area contributed by atoms with Crippen molar-refractivity contribution in [1.82, 2.24) is 0 Å². The molecule has 0 radical (unpaired) electrons. The Kier molecular flexibility index (Phi) is 2.78. The van der Waals surface area contributed by atoms with Crippen LogP contribution in [0.15, 0.2) is 42.5 Å². The second kappa shape index (κ2) is 4.21. The molecule has 0 heterocycles. The van der Waals surface area contributed by atoms with E-state index in [9.17, 15) is 28.2 Å². The topological polar surface area (TPSA) is 57.5 Å². The molecule has 2 N–H and O–H groups in total. The van der Waals surface area contributed by atoms with Crippen LogP contribution in [0.4, 0.5) is 13.2 Å². The lowest BCUT2D eigenvalue weighted by atomic mass is 9.80. The van der Waals surface area contributed by atoms with Crippen molar-refractivity contribution >= 4 is 5.97 Å². The number of carboxylic acid groups (broad SMARTS) is 1. The molecule has 1 aromatic rings. The minimum absolute atomic E-state index is 0.0374. The molecular formula is C15H11F3O3. The summed E-state index contributed by atoms with van der Waals surface area (Å²) in [4.78, 5) is 11.3. The van der Waals surface area contributed by atoms with Crippen LogP contribution in [-0.2, 0) is 5.60 Å². The number of rotatable bonds is 1. The van der Waals surface area contributed by atoms with Crippen molar-refractivity contribution in [2.24, 2.45) is 5.92 Å². The Balaban J connectivity index is 2.34. The van der Waals surface area contributed by atoms with Crippen LogP contribution in [0.2, 0.25) is 0 Å². The number of alkyl halides is 3. The second-order valence-corrected chi connectivity index (χ2v) is 5.16. The number of carbonyl (C=O) groups is 1.